The van der Waals surface area contributed by atoms with Crippen molar-refractivity contribution in [2.75, 3.05) is 62.3 Å². The summed E-state index contributed by atoms with van der Waals surface area (Å²) >= 11 is 0. The molecule has 1 atom stereocenters. The highest BCUT2D eigenvalue weighted by molar-refractivity contribution is 5.97. The molecule has 2 aromatic carbocycles. The number of carbonyl (C=O) groups is 2. The molecule has 1 aliphatic rings. The fourth-order valence-electron chi connectivity index (χ4n) is 7.42. The Morgan fingerprint density at radius 2 is 0.868 bits per heavy atom. The normalized spacial score (nSPS) is 14.2. The number of amides is 2. The lowest BCUT2D eigenvalue weighted by Crippen LogP contribution is -2.56. The maximum Gasteiger partial charge on any atom is 0.254 e. The van der Waals surface area contributed by atoms with Crippen molar-refractivity contribution in [3.8, 4) is 34.5 Å². The Balaban J connectivity index is 1.58. The first-order valence-corrected chi connectivity index (χ1v) is 20.1. The lowest BCUT2D eigenvalue weighted by molar-refractivity contribution is 0.0367. The van der Waals surface area contributed by atoms with Crippen molar-refractivity contribution in [2.24, 2.45) is 0 Å². The lowest BCUT2D eigenvalue weighted by Gasteiger charge is -2.42. The Morgan fingerprint density at radius 3 is 1.23 bits per heavy atom. The molecule has 0 saturated carbocycles. The monoisotopic (exact) mass is 740 g/mol. The maximum absolute atomic E-state index is 14.1. The van der Waals surface area contributed by atoms with Crippen molar-refractivity contribution >= 4 is 11.8 Å². The number of hydrogen-bond donors (Lipinski definition) is 0. The predicted octanol–water partition coefficient (Wildman–Crippen LogP) is 9.75. The Labute approximate surface area is 319 Å². The summed E-state index contributed by atoms with van der Waals surface area (Å²) in [5.74, 6) is 2.30. The molecule has 1 unspecified atom stereocenters. The zero-order chi connectivity index (χ0) is 38.4. The van der Waals surface area contributed by atoms with Gasteiger partial charge in [0.25, 0.3) is 11.8 Å². The zero-order valence-corrected chi connectivity index (χ0v) is 33.9. The summed E-state index contributed by atoms with van der Waals surface area (Å²) in [6, 6.07) is 6.61. The number of piperazine rings is 1. The van der Waals surface area contributed by atoms with Crippen LogP contribution in [-0.4, -0.2) is 89.9 Å². The van der Waals surface area contributed by atoms with E-state index in [9.17, 15) is 9.59 Å². The van der Waals surface area contributed by atoms with Gasteiger partial charge in [-0.05, 0) is 30.7 Å². The molecule has 0 aliphatic carbocycles. The highest BCUT2D eigenvalue weighted by atomic mass is 16.5. The first-order chi connectivity index (χ1) is 25.9. The van der Waals surface area contributed by atoms with Crippen LogP contribution in [-0.2, 0) is 0 Å². The molecule has 2 amide bonds. The van der Waals surface area contributed by atoms with Gasteiger partial charge in [0.15, 0.2) is 23.0 Å². The van der Waals surface area contributed by atoms with Crippen LogP contribution in [0.3, 0.4) is 0 Å². The molecule has 0 bridgehead atoms. The summed E-state index contributed by atoms with van der Waals surface area (Å²) in [7, 11) is 9.23. The van der Waals surface area contributed by atoms with Gasteiger partial charge in [-0.2, -0.15) is 0 Å². The van der Waals surface area contributed by atoms with Gasteiger partial charge in [0, 0.05) is 36.8 Å². The number of methoxy groups -OCH3 is 6. The fourth-order valence-corrected chi connectivity index (χ4v) is 7.42. The van der Waals surface area contributed by atoms with Gasteiger partial charge < -0.3 is 38.2 Å². The molecule has 3 rings (SSSR count). The molecule has 1 heterocycles. The van der Waals surface area contributed by atoms with Gasteiger partial charge in [0.1, 0.15) is 0 Å². The quantitative estimate of drug-likeness (QED) is 0.0880. The van der Waals surface area contributed by atoms with E-state index in [1.54, 1.807) is 45.6 Å². The molecular formula is C43H68N2O8. The Bertz CT molecular complexity index is 1330. The third-order valence-electron chi connectivity index (χ3n) is 10.5. The minimum Gasteiger partial charge on any atom is -0.493 e. The average Bonchev–Trinajstić information content (AvgIpc) is 3.19. The third-order valence-corrected chi connectivity index (χ3v) is 10.5. The van der Waals surface area contributed by atoms with E-state index >= 15 is 0 Å². The van der Waals surface area contributed by atoms with Gasteiger partial charge >= 0.3 is 0 Å². The van der Waals surface area contributed by atoms with Crippen molar-refractivity contribution in [3.63, 3.8) is 0 Å². The number of unbranched alkanes of at least 4 members (excludes halogenated alkanes) is 16. The number of ether oxygens (including phenoxy) is 6. The van der Waals surface area contributed by atoms with Gasteiger partial charge in [-0.1, -0.05) is 116 Å². The Hall–Kier alpha value is -3.82. The van der Waals surface area contributed by atoms with Gasteiger partial charge in [0.2, 0.25) is 11.5 Å². The second-order valence-corrected chi connectivity index (χ2v) is 14.2. The molecule has 53 heavy (non-hydrogen) atoms. The summed E-state index contributed by atoms with van der Waals surface area (Å²) in [6.45, 7) is 3.49. The molecule has 10 heteroatoms. The van der Waals surface area contributed by atoms with E-state index in [1.165, 1.54) is 118 Å². The minimum atomic E-state index is -0.155. The highest BCUT2D eigenvalue weighted by Crippen LogP contribution is 2.40. The van der Waals surface area contributed by atoms with Crippen molar-refractivity contribution in [1.82, 2.24) is 9.80 Å². The summed E-state index contributed by atoms with van der Waals surface area (Å²) in [4.78, 5) is 31.8. The third kappa shape index (κ3) is 13.2. The van der Waals surface area contributed by atoms with Crippen LogP contribution in [0.1, 0.15) is 143 Å². The van der Waals surface area contributed by atoms with Gasteiger partial charge in [-0.3, -0.25) is 9.59 Å². The van der Waals surface area contributed by atoms with Crippen LogP contribution in [0.25, 0.3) is 0 Å². The number of carbonyl (C=O) groups excluding carboxylic acids is 2. The molecule has 298 valence electrons. The first kappa shape index (κ1) is 43.6. The second-order valence-electron chi connectivity index (χ2n) is 14.2. The molecular weight excluding hydrogens is 672 g/mol. The lowest BCUT2D eigenvalue weighted by atomic mass is 10.00. The molecule has 1 fully saturated rings. The second kappa shape index (κ2) is 24.5. The molecule has 0 spiro atoms. The zero-order valence-electron chi connectivity index (χ0n) is 33.9. The van der Waals surface area contributed by atoms with Crippen LogP contribution < -0.4 is 28.4 Å². The van der Waals surface area contributed by atoms with E-state index in [1.807, 2.05) is 9.80 Å². The van der Waals surface area contributed by atoms with Gasteiger partial charge in [0.05, 0.1) is 42.7 Å². The number of hydrogen-bond acceptors (Lipinski definition) is 8. The van der Waals surface area contributed by atoms with Crippen LogP contribution in [0, 0.1) is 0 Å². The van der Waals surface area contributed by atoms with E-state index in [0.717, 1.165) is 19.3 Å². The van der Waals surface area contributed by atoms with E-state index in [-0.39, 0.29) is 17.9 Å². The standard InChI is InChI=1S/C43H68N2O8/c1-8-9-10-11-12-13-14-15-16-17-18-19-20-21-22-23-24-25-35-32-44(42(46)33-28-36(48-2)40(52-6)37(29-33)49-3)26-27-45(35)43(47)34-30-38(50-4)41(53-7)39(31-34)51-5/h28-31,35H,8-27,32H2,1-7H3. The maximum atomic E-state index is 14.1. The average molecular weight is 741 g/mol. The van der Waals surface area contributed by atoms with E-state index < -0.39 is 0 Å². The predicted molar refractivity (Wildman–Crippen MR) is 212 cm³/mol. The molecule has 0 N–H and O–H groups in total. The van der Waals surface area contributed by atoms with Crippen LogP contribution in [0.2, 0.25) is 0 Å². The molecule has 2 aromatic rings. The largest absolute Gasteiger partial charge is 0.493 e. The summed E-state index contributed by atoms with van der Waals surface area (Å²) in [5, 5.41) is 0. The van der Waals surface area contributed by atoms with Crippen LogP contribution in [0.15, 0.2) is 24.3 Å². The molecule has 10 nitrogen and oxygen atoms in total. The number of nitrogens with zero attached hydrogens (tertiary/aromatic N) is 2. The molecule has 0 radical (unpaired) electrons. The van der Waals surface area contributed by atoms with Crippen LogP contribution >= 0.6 is 0 Å². The smallest absolute Gasteiger partial charge is 0.254 e. The number of benzene rings is 2. The molecule has 1 saturated heterocycles. The van der Waals surface area contributed by atoms with Crippen molar-refractivity contribution in [2.45, 2.75) is 129 Å². The summed E-state index contributed by atoms with van der Waals surface area (Å²) in [6.07, 6.45) is 23.1. The van der Waals surface area contributed by atoms with Crippen molar-refractivity contribution in [1.29, 1.82) is 0 Å². The minimum absolute atomic E-state index is 0.124. The van der Waals surface area contributed by atoms with Gasteiger partial charge in [-0.15, -0.1) is 0 Å². The Morgan fingerprint density at radius 1 is 0.509 bits per heavy atom. The van der Waals surface area contributed by atoms with E-state index in [4.69, 9.17) is 28.4 Å². The fraction of sp³-hybridized carbons (Fsp3) is 0.674. The summed E-state index contributed by atoms with van der Waals surface area (Å²) < 4.78 is 33.1. The molecule has 1 aliphatic heterocycles. The van der Waals surface area contributed by atoms with Crippen LogP contribution in [0.5, 0.6) is 34.5 Å². The molecule has 0 aromatic heterocycles. The number of rotatable bonds is 26. The van der Waals surface area contributed by atoms with E-state index in [0.29, 0.717) is 65.3 Å². The van der Waals surface area contributed by atoms with Crippen molar-refractivity contribution in [3.05, 3.63) is 35.4 Å². The summed E-state index contributed by atoms with van der Waals surface area (Å²) in [5.41, 5.74) is 0.900. The van der Waals surface area contributed by atoms with Gasteiger partial charge in [-0.25, -0.2) is 0 Å². The van der Waals surface area contributed by atoms with Crippen LogP contribution in [0.4, 0.5) is 0 Å². The first-order valence-electron chi connectivity index (χ1n) is 20.1. The topological polar surface area (TPSA) is 96.0 Å². The van der Waals surface area contributed by atoms with E-state index in [2.05, 4.69) is 6.92 Å². The highest BCUT2D eigenvalue weighted by Gasteiger charge is 2.34. The van der Waals surface area contributed by atoms with Crippen molar-refractivity contribution < 1.29 is 38.0 Å². The SMILES string of the molecule is CCCCCCCCCCCCCCCCCCCC1CN(C(=O)c2cc(OC)c(OC)c(OC)c2)CCN1C(=O)c1cc(OC)c(OC)c(OC)c1. The Kier molecular flexibility index (Phi) is 20.1.